The maximum Gasteiger partial charge on any atom is 0.0943 e. The van der Waals surface area contributed by atoms with E-state index >= 15 is 0 Å². The van der Waals surface area contributed by atoms with Gasteiger partial charge in [0.1, 0.15) is 0 Å². The summed E-state index contributed by atoms with van der Waals surface area (Å²) in [4.78, 5) is 0. The molecule has 0 amide bonds. The van der Waals surface area contributed by atoms with E-state index in [1.165, 1.54) is 0 Å². The Morgan fingerprint density at radius 2 is 2.31 bits per heavy atom. The Hall–Kier alpha value is -0.800. The van der Waals surface area contributed by atoms with Gasteiger partial charge in [-0.15, -0.1) is 0 Å². The SMILES string of the molecule is Clc1c(Br)cccc1-c1c[c][nH]n1. The fraction of sp³-hybridized carbons (Fsp3) is 0. The molecule has 0 bridgehead atoms. The summed E-state index contributed by atoms with van der Waals surface area (Å²) in [7, 11) is 0. The van der Waals surface area contributed by atoms with E-state index in [0.717, 1.165) is 15.7 Å². The highest BCUT2D eigenvalue weighted by Crippen LogP contribution is 2.32. The molecular formula is C9H5BrClN2. The molecule has 13 heavy (non-hydrogen) atoms. The van der Waals surface area contributed by atoms with Crippen LogP contribution in [0.15, 0.2) is 28.7 Å². The van der Waals surface area contributed by atoms with Crippen LogP contribution in [0.1, 0.15) is 0 Å². The fourth-order valence-corrected chi connectivity index (χ4v) is 1.65. The molecule has 0 atom stereocenters. The van der Waals surface area contributed by atoms with Gasteiger partial charge in [0.2, 0.25) is 0 Å². The van der Waals surface area contributed by atoms with E-state index in [4.69, 9.17) is 11.6 Å². The summed E-state index contributed by atoms with van der Waals surface area (Å²) in [6.45, 7) is 0. The summed E-state index contributed by atoms with van der Waals surface area (Å²) >= 11 is 9.42. The zero-order valence-electron chi connectivity index (χ0n) is 6.51. The van der Waals surface area contributed by atoms with Gasteiger partial charge in [-0.05, 0) is 28.1 Å². The molecule has 1 aromatic heterocycles. The molecule has 0 aliphatic heterocycles. The van der Waals surface area contributed by atoms with Gasteiger partial charge in [-0.2, -0.15) is 5.10 Å². The topological polar surface area (TPSA) is 28.7 Å². The lowest BCUT2D eigenvalue weighted by molar-refractivity contribution is 1.09. The van der Waals surface area contributed by atoms with Crippen molar-refractivity contribution in [2.24, 2.45) is 0 Å². The van der Waals surface area contributed by atoms with Crippen molar-refractivity contribution in [3.63, 3.8) is 0 Å². The molecule has 0 saturated carbocycles. The number of halogens is 2. The van der Waals surface area contributed by atoms with Gasteiger partial charge in [0, 0.05) is 10.0 Å². The molecule has 4 heteroatoms. The van der Waals surface area contributed by atoms with E-state index in [9.17, 15) is 0 Å². The average molecular weight is 257 g/mol. The van der Waals surface area contributed by atoms with E-state index in [2.05, 4.69) is 32.3 Å². The van der Waals surface area contributed by atoms with Crippen molar-refractivity contribution in [1.29, 1.82) is 0 Å². The molecule has 0 saturated heterocycles. The predicted octanol–water partition coefficient (Wildman–Crippen LogP) is 3.29. The number of hydrogen-bond donors (Lipinski definition) is 1. The quantitative estimate of drug-likeness (QED) is 0.833. The highest BCUT2D eigenvalue weighted by atomic mass is 79.9. The lowest BCUT2D eigenvalue weighted by atomic mass is 10.1. The standard InChI is InChI=1S/C9H5BrClN2/c10-7-3-1-2-6(9(7)11)8-4-5-12-13-8/h1-4H,(H,12,13). The highest BCUT2D eigenvalue weighted by molar-refractivity contribution is 9.10. The van der Waals surface area contributed by atoms with Gasteiger partial charge in [-0.1, -0.05) is 23.7 Å². The fourth-order valence-electron chi connectivity index (χ4n) is 1.07. The van der Waals surface area contributed by atoms with Crippen molar-refractivity contribution in [2.45, 2.75) is 0 Å². The maximum atomic E-state index is 6.07. The first-order valence-corrected chi connectivity index (χ1v) is 4.82. The van der Waals surface area contributed by atoms with Crippen molar-refractivity contribution in [2.75, 3.05) is 0 Å². The molecule has 1 heterocycles. The van der Waals surface area contributed by atoms with E-state index in [0.29, 0.717) is 5.02 Å². The Bertz CT molecular complexity index is 412. The monoisotopic (exact) mass is 255 g/mol. The number of hydrogen-bond acceptors (Lipinski definition) is 1. The van der Waals surface area contributed by atoms with E-state index in [-0.39, 0.29) is 0 Å². The molecule has 1 radical (unpaired) electrons. The Labute approximate surface area is 89.1 Å². The van der Waals surface area contributed by atoms with Gasteiger partial charge in [-0.3, -0.25) is 5.10 Å². The Morgan fingerprint density at radius 1 is 1.46 bits per heavy atom. The second-order valence-corrected chi connectivity index (χ2v) is 3.73. The molecule has 0 unspecified atom stereocenters. The number of nitrogens with one attached hydrogen (secondary N) is 1. The average Bonchev–Trinajstić information content (AvgIpc) is 2.62. The van der Waals surface area contributed by atoms with Gasteiger partial charge in [0.05, 0.1) is 16.9 Å². The van der Waals surface area contributed by atoms with Crippen LogP contribution in [-0.2, 0) is 0 Å². The summed E-state index contributed by atoms with van der Waals surface area (Å²) in [6.07, 6.45) is 2.76. The van der Waals surface area contributed by atoms with Crippen LogP contribution in [0.3, 0.4) is 0 Å². The van der Waals surface area contributed by atoms with Crippen LogP contribution in [0.25, 0.3) is 11.3 Å². The van der Waals surface area contributed by atoms with E-state index in [1.54, 1.807) is 6.07 Å². The van der Waals surface area contributed by atoms with Gasteiger partial charge in [-0.25, -0.2) is 0 Å². The molecule has 65 valence electrons. The Kier molecular flexibility index (Phi) is 2.38. The van der Waals surface area contributed by atoms with Crippen molar-refractivity contribution in [1.82, 2.24) is 10.2 Å². The lowest BCUT2D eigenvalue weighted by Crippen LogP contribution is -1.80. The number of aromatic amines is 1. The summed E-state index contributed by atoms with van der Waals surface area (Å²) < 4.78 is 0.870. The molecule has 2 aromatic rings. The van der Waals surface area contributed by atoms with Crippen molar-refractivity contribution >= 4 is 27.5 Å². The minimum absolute atomic E-state index is 0.669. The summed E-state index contributed by atoms with van der Waals surface area (Å²) in [5.41, 5.74) is 1.69. The molecule has 0 aliphatic rings. The molecular weight excluding hydrogens is 251 g/mol. The number of aromatic nitrogens is 2. The number of H-pyrrole nitrogens is 1. The summed E-state index contributed by atoms with van der Waals surface area (Å²) in [6, 6.07) is 7.48. The normalized spacial score (nSPS) is 10.3. The van der Waals surface area contributed by atoms with Crippen molar-refractivity contribution < 1.29 is 0 Å². The third-order valence-electron chi connectivity index (χ3n) is 1.68. The second-order valence-electron chi connectivity index (χ2n) is 2.50. The van der Waals surface area contributed by atoms with Gasteiger partial charge >= 0.3 is 0 Å². The number of rotatable bonds is 1. The lowest BCUT2D eigenvalue weighted by Gasteiger charge is -2.01. The highest BCUT2D eigenvalue weighted by Gasteiger charge is 2.07. The smallest absolute Gasteiger partial charge is 0.0943 e. The Morgan fingerprint density at radius 3 is 3.00 bits per heavy atom. The maximum absolute atomic E-state index is 6.07. The third kappa shape index (κ3) is 1.62. The van der Waals surface area contributed by atoms with Crippen LogP contribution in [-0.4, -0.2) is 10.2 Å². The van der Waals surface area contributed by atoms with Gasteiger partial charge in [0.15, 0.2) is 0 Å². The molecule has 0 spiro atoms. The van der Waals surface area contributed by atoms with Crippen LogP contribution in [0.4, 0.5) is 0 Å². The van der Waals surface area contributed by atoms with Crippen LogP contribution >= 0.6 is 27.5 Å². The molecule has 2 nitrogen and oxygen atoms in total. The zero-order chi connectivity index (χ0) is 9.26. The first-order chi connectivity index (χ1) is 6.29. The van der Waals surface area contributed by atoms with Crippen LogP contribution < -0.4 is 0 Å². The number of benzene rings is 1. The summed E-state index contributed by atoms with van der Waals surface area (Å²) in [5.74, 6) is 0. The van der Waals surface area contributed by atoms with Crippen LogP contribution in [0, 0.1) is 6.20 Å². The molecule has 0 aliphatic carbocycles. The van der Waals surface area contributed by atoms with Crippen LogP contribution in [0.5, 0.6) is 0 Å². The molecule has 2 rings (SSSR count). The van der Waals surface area contributed by atoms with E-state index in [1.807, 2.05) is 18.2 Å². The Balaban J connectivity index is 2.59. The van der Waals surface area contributed by atoms with Crippen LogP contribution in [0.2, 0.25) is 5.02 Å². The summed E-state index contributed by atoms with van der Waals surface area (Å²) in [5, 5.41) is 7.30. The number of nitrogens with zero attached hydrogens (tertiary/aromatic N) is 1. The molecule has 1 N–H and O–H groups in total. The van der Waals surface area contributed by atoms with Crippen molar-refractivity contribution in [3.05, 3.63) is 40.0 Å². The van der Waals surface area contributed by atoms with E-state index < -0.39 is 0 Å². The largest absolute Gasteiger partial charge is 0.276 e. The first kappa shape index (κ1) is 8.78. The first-order valence-electron chi connectivity index (χ1n) is 3.65. The zero-order valence-corrected chi connectivity index (χ0v) is 8.85. The minimum atomic E-state index is 0.669. The molecule has 0 fully saturated rings. The van der Waals surface area contributed by atoms with Gasteiger partial charge < -0.3 is 0 Å². The second kappa shape index (κ2) is 3.52. The minimum Gasteiger partial charge on any atom is -0.276 e. The van der Waals surface area contributed by atoms with Gasteiger partial charge in [0.25, 0.3) is 0 Å². The predicted molar refractivity (Wildman–Crippen MR) is 55.6 cm³/mol. The molecule has 1 aromatic carbocycles. The van der Waals surface area contributed by atoms with Crippen molar-refractivity contribution in [3.8, 4) is 11.3 Å². The third-order valence-corrected chi connectivity index (χ3v) is 2.97.